The Labute approximate surface area is 99.5 Å². The summed E-state index contributed by atoms with van der Waals surface area (Å²) in [5.41, 5.74) is 3.18. The molecular weight excluding hydrogens is 216 g/mol. The van der Waals surface area contributed by atoms with Crippen LogP contribution < -0.4 is 0 Å². The molecule has 1 heterocycles. The number of carboxylic acids is 1. The van der Waals surface area contributed by atoms with E-state index in [4.69, 9.17) is 5.11 Å². The van der Waals surface area contributed by atoms with E-state index in [1.807, 2.05) is 42.8 Å². The van der Waals surface area contributed by atoms with Crippen LogP contribution in [0.15, 0.2) is 30.5 Å². The maximum atomic E-state index is 10.7. The number of aromatic nitrogens is 2. The minimum Gasteiger partial charge on any atom is -0.481 e. The number of aryl methyl sites for hydroxylation is 1. The monoisotopic (exact) mass is 230 g/mol. The predicted molar refractivity (Wildman–Crippen MR) is 64.7 cm³/mol. The van der Waals surface area contributed by atoms with E-state index < -0.39 is 5.97 Å². The van der Waals surface area contributed by atoms with Gasteiger partial charge < -0.3 is 9.67 Å². The third-order valence-corrected chi connectivity index (χ3v) is 2.81. The van der Waals surface area contributed by atoms with Crippen LogP contribution in [0, 0.1) is 6.92 Å². The Balaban J connectivity index is 2.44. The molecule has 0 aliphatic heterocycles. The van der Waals surface area contributed by atoms with Crippen molar-refractivity contribution in [2.24, 2.45) is 7.05 Å². The molecule has 1 aromatic carbocycles. The van der Waals surface area contributed by atoms with Gasteiger partial charge in [0.25, 0.3) is 0 Å². The molecule has 1 N–H and O–H groups in total. The summed E-state index contributed by atoms with van der Waals surface area (Å²) < 4.78 is 1.83. The molecule has 0 radical (unpaired) electrons. The molecule has 0 aliphatic rings. The zero-order valence-corrected chi connectivity index (χ0v) is 9.84. The van der Waals surface area contributed by atoms with Gasteiger partial charge in [-0.1, -0.05) is 24.3 Å². The lowest BCUT2D eigenvalue weighted by molar-refractivity contribution is -0.136. The quantitative estimate of drug-likeness (QED) is 0.877. The fourth-order valence-corrected chi connectivity index (χ4v) is 1.86. The van der Waals surface area contributed by atoms with Crippen LogP contribution in [-0.2, 0) is 18.3 Å². The number of hydrogen-bond acceptors (Lipinski definition) is 2. The normalized spacial score (nSPS) is 10.5. The molecule has 2 rings (SSSR count). The van der Waals surface area contributed by atoms with Crippen molar-refractivity contribution in [3.63, 3.8) is 0 Å². The van der Waals surface area contributed by atoms with Gasteiger partial charge in [-0.25, -0.2) is 4.98 Å². The van der Waals surface area contributed by atoms with Gasteiger partial charge in [0.1, 0.15) is 12.2 Å². The lowest BCUT2D eigenvalue weighted by Crippen LogP contribution is -2.07. The van der Waals surface area contributed by atoms with Crippen molar-refractivity contribution in [2.45, 2.75) is 13.3 Å². The summed E-state index contributed by atoms with van der Waals surface area (Å²) >= 11 is 0. The molecule has 1 aromatic heterocycles. The Bertz CT molecular complexity index is 558. The first-order valence-corrected chi connectivity index (χ1v) is 5.38. The van der Waals surface area contributed by atoms with Gasteiger partial charge in [-0.05, 0) is 12.5 Å². The van der Waals surface area contributed by atoms with E-state index in [9.17, 15) is 4.79 Å². The van der Waals surface area contributed by atoms with Gasteiger partial charge >= 0.3 is 5.97 Å². The molecule has 2 aromatic rings. The topological polar surface area (TPSA) is 55.1 Å². The number of benzene rings is 1. The molecule has 0 fully saturated rings. The zero-order chi connectivity index (χ0) is 12.4. The van der Waals surface area contributed by atoms with Crippen LogP contribution in [-0.4, -0.2) is 20.6 Å². The van der Waals surface area contributed by atoms with Crippen molar-refractivity contribution in [2.75, 3.05) is 0 Å². The van der Waals surface area contributed by atoms with E-state index in [0.717, 1.165) is 16.8 Å². The number of carbonyl (C=O) groups is 1. The summed E-state index contributed by atoms with van der Waals surface area (Å²) in [6.45, 7) is 2.03. The van der Waals surface area contributed by atoms with Crippen molar-refractivity contribution in [3.05, 3.63) is 41.9 Å². The van der Waals surface area contributed by atoms with Crippen LogP contribution in [0.4, 0.5) is 0 Å². The molecule has 0 saturated carbocycles. The second kappa shape index (κ2) is 4.41. The lowest BCUT2D eigenvalue weighted by Gasteiger charge is -2.07. The first kappa shape index (κ1) is 11.4. The molecule has 4 heteroatoms. The Morgan fingerprint density at radius 2 is 2.12 bits per heavy atom. The Morgan fingerprint density at radius 3 is 2.76 bits per heavy atom. The number of aliphatic carboxylic acids is 1. The van der Waals surface area contributed by atoms with Gasteiger partial charge in [-0.2, -0.15) is 0 Å². The van der Waals surface area contributed by atoms with Crippen LogP contribution >= 0.6 is 0 Å². The highest BCUT2D eigenvalue weighted by molar-refractivity contribution is 5.70. The number of nitrogens with zero attached hydrogens (tertiary/aromatic N) is 2. The second-order valence-corrected chi connectivity index (χ2v) is 4.00. The van der Waals surface area contributed by atoms with Gasteiger partial charge in [0.15, 0.2) is 0 Å². The highest BCUT2D eigenvalue weighted by Crippen LogP contribution is 2.23. The fraction of sp³-hybridized carbons (Fsp3) is 0.231. The van der Waals surface area contributed by atoms with Crippen molar-refractivity contribution in [1.29, 1.82) is 0 Å². The highest BCUT2D eigenvalue weighted by Gasteiger charge is 2.12. The first-order valence-electron chi connectivity index (χ1n) is 5.38. The number of carboxylic acid groups (broad SMARTS) is 1. The highest BCUT2D eigenvalue weighted by atomic mass is 16.4. The smallest absolute Gasteiger partial charge is 0.311 e. The lowest BCUT2D eigenvalue weighted by atomic mass is 10.1. The van der Waals surface area contributed by atoms with Gasteiger partial charge in [-0.15, -0.1) is 0 Å². The molecule has 0 unspecified atom stereocenters. The Morgan fingerprint density at radius 1 is 1.41 bits per heavy atom. The van der Waals surface area contributed by atoms with Crippen LogP contribution in [0.3, 0.4) is 0 Å². The molecular formula is C13H14N2O2. The van der Waals surface area contributed by atoms with E-state index >= 15 is 0 Å². The third-order valence-electron chi connectivity index (χ3n) is 2.81. The zero-order valence-electron chi connectivity index (χ0n) is 9.84. The minimum atomic E-state index is -0.866. The predicted octanol–water partition coefficient (Wildman–Crippen LogP) is 2.02. The van der Waals surface area contributed by atoms with Crippen LogP contribution in [0.25, 0.3) is 11.3 Å². The molecule has 0 saturated heterocycles. The van der Waals surface area contributed by atoms with Gasteiger partial charge in [0, 0.05) is 12.6 Å². The first-order chi connectivity index (χ1) is 8.09. The standard InChI is InChI=1S/C13H14N2O2/c1-9-5-3-4-6-10(9)11-8-14-12(15(11)2)7-13(16)17/h3-6,8H,7H2,1-2H3,(H,16,17). The number of hydrogen-bond donors (Lipinski definition) is 1. The third kappa shape index (κ3) is 2.20. The summed E-state index contributed by atoms with van der Waals surface area (Å²) in [7, 11) is 1.84. The van der Waals surface area contributed by atoms with Gasteiger partial charge in [-0.3, -0.25) is 4.79 Å². The van der Waals surface area contributed by atoms with Crippen molar-refractivity contribution in [3.8, 4) is 11.3 Å². The van der Waals surface area contributed by atoms with Crippen molar-refractivity contribution in [1.82, 2.24) is 9.55 Å². The van der Waals surface area contributed by atoms with E-state index in [-0.39, 0.29) is 6.42 Å². The summed E-state index contributed by atoms with van der Waals surface area (Å²) in [5, 5.41) is 8.77. The number of imidazole rings is 1. The van der Waals surface area contributed by atoms with E-state index in [1.54, 1.807) is 6.20 Å². The Kier molecular flexibility index (Phi) is 2.95. The maximum Gasteiger partial charge on any atom is 0.311 e. The molecule has 0 atom stereocenters. The molecule has 17 heavy (non-hydrogen) atoms. The fourth-order valence-electron chi connectivity index (χ4n) is 1.86. The number of rotatable bonds is 3. The molecule has 0 bridgehead atoms. The summed E-state index contributed by atoms with van der Waals surface area (Å²) in [5.74, 6) is -0.300. The minimum absolute atomic E-state index is 0.0532. The SMILES string of the molecule is Cc1ccccc1-c1cnc(CC(=O)O)n1C. The van der Waals surface area contributed by atoms with E-state index in [0.29, 0.717) is 5.82 Å². The largest absolute Gasteiger partial charge is 0.481 e. The molecule has 0 aliphatic carbocycles. The summed E-state index contributed by atoms with van der Waals surface area (Å²) in [4.78, 5) is 14.8. The van der Waals surface area contributed by atoms with E-state index in [2.05, 4.69) is 4.98 Å². The van der Waals surface area contributed by atoms with E-state index in [1.165, 1.54) is 0 Å². The molecule has 0 amide bonds. The van der Waals surface area contributed by atoms with Crippen molar-refractivity contribution >= 4 is 5.97 Å². The van der Waals surface area contributed by atoms with Crippen LogP contribution in [0.1, 0.15) is 11.4 Å². The second-order valence-electron chi connectivity index (χ2n) is 4.00. The van der Waals surface area contributed by atoms with Gasteiger partial charge in [0.05, 0.1) is 11.9 Å². The van der Waals surface area contributed by atoms with Crippen LogP contribution in [0.5, 0.6) is 0 Å². The molecule has 4 nitrogen and oxygen atoms in total. The Hall–Kier alpha value is -2.10. The maximum absolute atomic E-state index is 10.7. The average Bonchev–Trinajstić information content (AvgIpc) is 2.61. The molecule has 88 valence electrons. The van der Waals surface area contributed by atoms with Crippen molar-refractivity contribution < 1.29 is 9.90 Å². The average molecular weight is 230 g/mol. The van der Waals surface area contributed by atoms with Gasteiger partial charge in [0.2, 0.25) is 0 Å². The molecule has 0 spiro atoms. The summed E-state index contributed by atoms with van der Waals surface area (Å²) in [6.07, 6.45) is 1.67. The van der Waals surface area contributed by atoms with Crippen LogP contribution in [0.2, 0.25) is 0 Å². The summed E-state index contributed by atoms with van der Waals surface area (Å²) in [6, 6.07) is 7.98.